The Labute approximate surface area is 170 Å². The molecule has 6 heteroatoms. The average molecular weight is 398 g/mol. The number of ether oxygens (including phenoxy) is 3. The third-order valence-electron chi connectivity index (χ3n) is 5.75. The van der Waals surface area contributed by atoms with Crippen LogP contribution in [-0.2, 0) is 16.0 Å². The molecule has 0 aromatic heterocycles. The number of esters is 2. The molecule has 6 nitrogen and oxygen atoms in total. The Morgan fingerprint density at radius 3 is 2.45 bits per heavy atom. The van der Waals surface area contributed by atoms with Crippen molar-refractivity contribution in [2.45, 2.75) is 52.1 Å². The molecule has 1 fully saturated rings. The lowest BCUT2D eigenvalue weighted by Gasteiger charge is -2.34. The highest BCUT2D eigenvalue weighted by atomic mass is 16.6. The molecule has 2 aliphatic rings. The van der Waals surface area contributed by atoms with Gasteiger partial charge < -0.3 is 19.5 Å². The largest absolute Gasteiger partial charge is 0.487 e. The smallest absolute Gasteiger partial charge is 0.314 e. The van der Waals surface area contributed by atoms with E-state index in [0.29, 0.717) is 23.7 Å². The molecule has 2 aliphatic heterocycles. The van der Waals surface area contributed by atoms with E-state index in [1.54, 1.807) is 0 Å². The molecule has 29 heavy (non-hydrogen) atoms. The van der Waals surface area contributed by atoms with Gasteiger partial charge in [-0.2, -0.15) is 0 Å². The third kappa shape index (κ3) is 3.94. The summed E-state index contributed by atoms with van der Waals surface area (Å²) in [5, 5.41) is 3.79. The van der Waals surface area contributed by atoms with E-state index in [9.17, 15) is 9.59 Å². The summed E-state index contributed by atoms with van der Waals surface area (Å²) < 4.78 is 17.8. The Balaban J connectivity index is 1.86. The minimum Gasteiger partial charge on any atom is -0.487 e. The molecule has 2 aromatic carbocycles. The van der Waals surface area contributed by atoms with E-state index in [2.05, 4.69) is 5.32 Å². The Bertz CT molecular complexity index is 959. The average Bonchev–Trinajstić information content (AvgIpc) is 2.70. The van der Waals surface area contributed by atoms with Crippen molar-refractivity contribution in [2.24, 2.45) is 5.92 Å². The van der Waals surface area contributed by atoms with Gasteiger partial charge in [0, 0.05) is 36.1 Å². The summed E-state index contributed by atoms with van der Waals surface area (Å²) in [6, 6.07) is 7.65. The normalized spacial score (nSPS) is 18.6. The lowest BCUT2D eigenvalue weighted by molar-refractivity contribution is -0.664. The van der Waals surface area contributed by atoms with Crippen molar-refractivity contribution < 1.29 is 29.1 Å². The summed E-state index contributed by atoms with van der Waals surface area (Å²) >= 11 is 0. The molecule has 0 saturated carbocycles. The van der Waals surface area contributed by atoms with Gasteiger partial charge in [0.05, 0.1) is 19.0 Å². The van der Waals surface area contributed by atoms with Gasteiger partial charge in [-0.05, 0) is 26.7 Å². The molecule has 2 N–H and O–H groups in total. The zero-order chi connectivity index (χ0) is 20.6. The number of benzene rings is 2. The van der Waals surface area contributed by atoms with Gasteiger partial charge in [-0.3, -0.25) is 9.59 Å². The first-order chi connectivity index (χ1) is 13.9. The predicted molar refractivity (Wildman–Crippen MR) is 108 cm³/mol. The van der Waals surface area contributed by atoms with Crippen LogP contribution in [0.15, 0.2) is 24.3 Å². The molecule has 1 saturated heterocycles. The van der Waals surface area contributed by atoms with Gasteiger partial charge in [0.25, 0.3) is 0 Å². The highest BCUT2D eigenvalue weighted by Crippen LogP contribution is 2.50. The van der Waals surface area contributed by atoms with Gasteiger partial charge in [-0.1, -0.05) is 24.3 Å². The van der Waals surface area contributed by atoms with Gasteiger partial charge in [-0.15, -0.1) is 0 Å². The van der Waals surface area contributed by atoms with Crippen LogP contribution < -0.4 is 19.5 Å². The highest BCUT2D eigenvalue weighted by molar-refractivity contribution is 5.99. The van der Waals surface area contributed by atoms with Gasteiger partial charge in [0.2, 0.25) is 0 Å². The molecule has 0 bridgehead atoms. The Hall–Kier alpha value is -2.60. The summed E-state index contributed by atoms with van der Waals surface area (Å²) in [5.41, 5.74) is 0.470. The number of carbonyl (C=O) groups excluding carboxylic acids is 2. The number of quaternary nitrogens is 1. The zero-order valence-electron chi connectivity index (χ0n) is 17.2. The highest BCUT2D eigenvalue weighted by Gasteiger charge is 2.35. The number of hydrogen-bond donors (Lipinski definition) is 1. The third-order valence-corrected chi connectivity index (χ3v) is 5.75. The molecule has 2 aromatic rings. The summed E-state index contributed by atoms with van der Waals surface area (Å²) in [6.45, 7) is 7.29. The lowest BCUT2D eigenvalue weighted by Crippen LogP contribution is -2.86. The van der Waals surface area contributed by atoms with Crippen LogP contribution >= 0.6 is 0 Å². The van der Waals surface area contributed by atoms with Gasteiger partial charge >= 0.3 is 11.9 Å². The minimum atomic E-state index is -0.447. The fourth-order valence-electron chi connectivity index (χ4n) is 4.20. The zero-order valence-corrected chi connectivity index (χ0v) is 17.2. The van der Waals surface area contributed by atoms with Gasteiger partial charge in [0.15, 0.2) is 11.5 Å². The van der Waals surface area contributed by atoms with Gasteiger partial charge in [0.1, 0.15) is 11.4 Å². The van der Waals surface area contributed by atoms with Crippen LogP contribution in [0, 0.1) is 5.92 Å². The molecule has 0 radical (unpaired) electrons. The standard InChI is InChI=1S/C23H27NO5/c1-14(25)27-21-18-8-11-23(2,3)29-19(18)16-6-4-5-7-17(16)20(21)28-22(26)15-9-12-24-13-10-15/h4-7,15,24H,8-13H2,1-3H3/p+1. The van der Waals surface area contributed by atoms with E-state index in [4.69, 9.17) is 14.2 Å². The summed E-state index contributed by atoms with van der Waals surface area (Å²) in [5.74, 6) is 0.524. The fraction of sp³-hybridized carbons (Fsp3) is 0.478. The molecule has 4 rings (SSSR count). The molecule has 0 unspecified atom stereocenters. The van der Waals surface area contributed by atoms with Gasteiger partial charge in [-0.25, -0.2) is 0 Å². The number of carbonyl (C=O) groups is 2. The summed E-state index contributed by atoms with van der Waals surface area (Å²) in [6.07, 6.45) is 3.04. The first-order valence-electron chi connectivity index (χ1n) is 10.3. The quantitative estimate of drug-likeness (QED) is 0.635. The first-order valence-corrected chi connectivity index (χ1v) is 10.3. The second kappa shape index (κ2) is 7.67. The molecule has 0 spiro atoms. The Morgan fingerprint density at radius 2 is 1.76 bits per heavy atom. The first kappa shape index (κ1) is 19.7. The van der Waals surface area contributed by atoms with Crippen LogP contribution in [0.5, 0.6) is 17.2 Å². The maximum atomic E-state index is 12.9. The maximum Gasteiger partial charge on any atom is 0.314 e. The van der Waals surface area contributed by atoms with E-state index in [-0.39, 0.29) is 17.5 Å². The lowest BCUT2D eigenvalue weighted by atomic mass is 9.91. The molecular formula is C23H28NO5+. The van der Waals surface area contributed by atoms with Crippen molar-refractivity contribution >= 4 is 22.7 Å². The second-order valence-electron chi connectivity index (χ2n) is 8.53. The number of rotatable bonds is 3. The molecule has 0 amide bonds. The van der Waals surface area contributed by atoms with E-state index < -0.39 is 5.97 Å². The molecule has 0 atom stereocenters. The monoisotopic (exact) mass is 398 g/mol. The molecular weight excluding hydrogens is 370 g/mol. The van der Waals surface area contributed by atoms with Crippen LogP contribution in [0.2, 0.25) is 0 Å². The van der Waals surface area contributed by atoms with Crippen LogP contribution in [0.4, 0.5) is 0 Å². The number of piperidine rings is 1. The number of hydrogen-bond acceptors (Lipinski definition) is 5. The fourth-order valence-corrected chi connectivity index (χ4v) is 4.20. The van der Waals surface area contributed by atoms with E-state index >= 15 is 0 Å². The van der Waals surface area contributed by atoms with Crippen LogP contribution in [0.1, 0.15) is 45.6 Å². The van der Waals surface area contributed by atoms with Crippen molar-refractivity contribution in [2.75, 3.05) is 13.1 Å². The van der Waals surface area contributed by atoms with E-state index in [0.717, 1.165) is 48.7 Å². The van der Waals surface area contributed by atoms with Crippen molar-refractivity contribution in [3.05, 3.63) is 29.8 Å². The molecule has 0 aliphatic carbocycles. The Kier molecular flexibility index (Phi) is 5.21. The van der Waals surface area contributed by atoms with Crippen molar-refractivity contribution in [3.63, 3.8) is 0 Å². The minimum absolute atomic E-state index is 0.129. The van der Waals surface area contributed by atoms with E-state index in [1.807, 2.05) is 38.1 Å². The maximum absolute atomic E-state index is 12.9. The number of fused-ring (bicyclic) bond motifs is 3. The number of nitrogens with two attached hydrogens (primary N) is 1. The van der Waals surface area contributed by atoms with Crippen molar-refractivity contribution in [1.29, 1.82) is 0 Å². The predicted octanol–water partition coefficient (Wildman–Crippen LogP) is 2.75. The van der Waals surface area contributed by atoms with Crippen LogP contribution in [0.3, 0.4) is 0 Å². The topological polar surface area (TPSA) is 78.4 Å². The van der Waals surface area contributed by atoms with Crippen molar-refractivity contribution in [3.8, 4) is 17.2 Å². The van der Waals surface area contributed by atoms with E-state index in [1.165, 1.54) is 6.92 Å². The van der Waals surface area contributed by atoms with Crippen molar-refractivity contribution in [1.82, 2.24) is 0 Å². The molecule has 2 heterocycles. The summed E-state index contributed by atoms with van der Waals surface area (Å²) in [7, 11) is 0. The SMILES string of the molecule is CC(=O)Oc1c2c(c3ccccc3c1OC(=O)C1CC[NH2+]CC1)OC(C)(C)CC2. The second-order valence-corrected chi connectivity index (χ2v) is 8.53. The van der Waals surface area contributed by atoms with Crippen LogP contribution in [-0.4, -0.2) is 30.6 Å². The molecule has 154 valence electrons. The van der Waals surface area contributed by atoms with Crippen LogP contribution in [0.25, 0.3) is 10.8 Å². The summed E-state index contributed by atoms with van der Waals surface area (Å²) in [4.78, 5) is 24.8. The Morgan fingerprint density at radius 1 is 1.07 bits per heavy atom.